The van der Waals surface area contributed by atoms with Crippen molar-refractivity contribution < 1.29 is 22.9 Å². The molecular weight excluding hydrogens is 539 g/mol. The maximum absolute atomic E-state index is 12.0. The van der Waals surface area contributed by atoms with Gasteiger partial charge in [0.15, 0.2) is 16.6 Å². The lowest BCUT2D eigenvalue weighted by Gasteiger charge is -2.29. The van der Waals surface area contributed by atoms with E-state index in [1.165, 1.54) is 19.3 Å². The average molecular weight is 598 g/mol. The van der Waals surface area contributed by atoms with Crippen molar-refractivity contribution in [1.29, 1.82) is 0 Å². The minimum absolute atomic E-state index is 0.0709. The lowest BCUT2D eigenvalue weighted by molar-refractivity contribution is -0.135. The molecule has 0 aromatic heterocycles. The summed E-state index contributed by atoms with van der Waals surface area (Å²) in [6.07, 6.45) is 17.9. The molecule has 0 bridgehead atoms. The first-order valence-corrected chi connectivity index (χ1v) is 25.3. The summed E-state index contributed by atoms with van der Waals surface area (Å²) in [4.78, 5) is 17.3. The summed E-state index contributed by atoms with van der Waals surface area (Å²) in [5, 5.41) is 4.46. The zero-order valence-corrected chi connectivity index (χ0v) is 30.0. The quantitative estimate of drug-likeness (QED) is 0.0684. The molecule has 0 amide bonds. The van der Waals surface area contributed by atoms with E-state index >= 15 is 0 Å². The fraction of sp³-hybridized carbons (Fsp3) is 0.800. The van der Waals surface area contributed by atoms with Crippen molar-refractivity contribution in [2.24, 2.45) is 17.0 Å². The van der Waals surface area contributed by atoms with Gasteiger partial charge in [-0.15, -0.1) is 0 Å². The van der Waals surface area contributed by atoms with Gasteiger partial charge in [-0.2, -0.15) is 0 Å². The topological polar surface area (TPSA) is 66.4 Å². The van der Waals surface area contributed by atoms with Crippen LogP contribution in [-0.2, 0) is 22.9 Å². The monoisotopic (exact) mass is 597 g/mol. The van der Waals surface area contributed by atoms with Gasteiger partial charge in [0, 0.05) is 24.7 Å². The number of allylic oxidation sites excluding steroid dienone is 2. The van der Waals surface area contributed by atoms with Gasteiger partial charge in [0.25, 0.3) is 5.97 Å². The molecule has 0 unspecified atom stereocenters. The molecule has 0 aromatic rings. The van der Waals surface area contributed by atoms with Gasteiger partial charge in [0.05, 0.1) is 17.9 Å². The Bertz CT molecular complexity index is 809. The number of oxime groups is 1. The zero-order chi connectivity index (χ0) is 29.7. The van der Waals surface area contributed by atoms with Crippen molar-refractivity contribution in [3.05, 3.63) is 24.3 Å². The number of carbonyl (C=O) groups is 1. The third-order valence-corrected chi connectivity index (χ3v) is 9.18. The summed E-state index contributed by atoms with van der Waals surface area (Å²) in [6, 6.07) is 0. The highest BCUT2D eigenvalue weighted by Crippen LogP contribution is 2.38. The van der Waals surface area contributed by atoms with Gasteiger partial charge in [-0.3, -0.25) is 4.79 Å². The first-order chi connectivity index (χ1) is 18.0. The van der Waals surface area contributed by atoms with Crippen molar-refractivity contribution in [3.63, 3.8) is 0 Å². The molecule has 0 saturated heterocycles. The standard InChI is InChI=1S/C30H59NO5Si3/c1-12-13-16-19-25(34-37(3,4)5)22-23-27-26(28(31-33-2)24-29(27)35-38(6,7)8)20-17-14-15-18-21-30(32)36-39(9,10)11/h14,17,22-23,25-27,29H,12-13,15-16,18-21,24H2,1-11H3/b17-14-,23-22+,31-28+/t25-,26-,27+,29+/m0/s1. The molecule has 0 aromatic carbocycles. The summed E-state index contributed by atoms with van der Waals surface area (Å²) in [6.45, 7) is 21.9. The first kappa shape index (κ1) is 36.0. The minimum atomic E-state index is -1.81. The number of rotatable bonds is 18. The van der Waals surface area contributed by atoms with Crippen LogP contribution in [0.4, 0.5) is 0 Å². The van der Waals surface area contributed by atoms with Crippen LogP contribution >= 0.6 is 0 Å². The Labute approximate surface area is 243 Å². The molecule has 0 radical (unpaired) electrons. The number of carbonyl (C=O) groups excluding carboxylic acids is 1. The van der Waals surface area contributed by atoms with Crippen molar-refractivity contribution >= 4 is 36.6 Å². The van der Waals surface area contributed by atoms with Crippen LogP contribution in [-0.4, -0.2) is 56.0 Å². The van der Waals surface area contributed by atoms with E-state index in [-0.39, 0.29) is 30.0 Å². The van der Waals surface area contributed by atoms with Crippen molar-refractivity contribution in [1.82, 2.24) is 0 Å². The second-order valence-corrected chi connectivity index (χ2v) is 27.1. The summed E-state index contributed by atoms with van der Waals surface area (Å²) in [5.41, 5.74) is 1.08. The summed E-state index contributed by atoms with van der Waals surface area (Å²) < 4.78 is 18.8. The van der Waals surface area contributed by atoms with E-state index < -0.39 is 25.0 Å². The average Bonchev–Trinajstić information content (AvgIpc) is 3.06. The van der Waals surface area contributed by atoms with Crippen LogP contribution in [0.3, 0.4) is 0 Å². The smallest absolute Gasteiger partial charge is 0.292 e. The van der Waals surface area contributed by atoms with Gasteiger partial charge >= 0.3 is 0 Å². The number of unbranched alkanes of at least 4 members (excludes halogenated alkanes) is 3. The molecule has 4 atom stereocenters. The molecule has 0 aliphatic heterocycles. The highest BCUT2D eigenvalue weighted by molar-refractivity contribution is 6.71. The van der Waals surface area contributed by atoms with Gasteiger partial charge in [-0.25, -0.2) is 0 Å². The molecule has 9 heteroatoms. The maximum atomic E-state index is 12.0. The molecule has 39 heavy (non-hydrogen) atoms. The van der Waals surface area contributed by atoms with Crippen molar-refractivity contribution in [3.8, 4) is 0 Å². The fourth-order valence-electron chi connectivity index (χ4n) is 4.94. The second kappa shape index (κ2) is 17.1. The summed E-state index contributed by atoms with van der Waals surface area (Å²) >= 11 is 0. The van der Waals surface area contributed by atoms with Crippen molar-refractivity contribution in [2.75, 3.05) is 7.11 Å². The maximum Gasteiger partial charge on any atom is 0.292 e. The largest absolute Gasteiger partial charge is 0.520 e. The number of hydrogen-bond donors (Lipinski definition) is 0. The molecule has 0 N–H and O–H groups in total. The van der Waals surface area contributed by atoms with Crippen LogP contribution in [0.15, 0.2) is 29.5 Å². The number of nitrogens with zero attached hydrogens (tertiary/aromatic N) is 1. The van der Waals surface area contributed by atoms with E-state index in [9.17, 15) is 4.79 Å². The van der Waals surface area contributed by atoms with E-state index in [0.717, 1.165) is 37.8 Å². The van der Waals surface area contributed by atoms with Crippen LogP contribution in [0.25, 0.3) is 0 Å². The Hall–Kier alpha value is -1.01. The second-order valence-electron chi connectivity index (χ2n) is 13.8. The molecule has 1 saturated carbocycles. The first-order valence-electron chi connectivity index (χ1n) is 15.1. The van der Waals surface area contributed by atoms with Gasteiger partial charge < -0.3 is 18.1 Å². The van der Waals surface area contributed by atoms with Crippen LogP contribution in [0.5, 0.6) is 0 Å². The summed E-state index contributed by atoms with van der Waals surface area (Å²) in [7, 11) is -3.62. The van der Waals surface area contributed by atoms with E-state index in [4.69, 9.17) is 18.1 Å². The predicted octanol–water partition coefficient (Wildman–Crippen LogP) is 8.70. The van der Waals surface area contributed by atoms with E-state index in [2.05, 4.69) is 75.7 Å². The Morgan fingerprint density at radius 3 is 2.23 bits per heavy atom. The normalized spacial score (nSPS) is 22.7. The molecular formula is C30H59NO5Si3. The highest BCUT2D eigenvalue weighted by atomic mass is 28.4. The Morgan fingerprint density at radius 2 is 1.67 bits per heavy atom. The molecule has 1 aliphatic rings. The Kier molecular flexibility index (Phi) is 15.8. The summed E-state index contributed by atoms with van der Waals surface area (Å²) in [5.74, 6) is 0.373. The van der Waals surface area contributed by atoms with Crippen LogP contribution in [0, 0.1) is 11.8 Å². The van der Waals surface area contributed by atoms with E-state index in [1.54, 1.807) is 7.11 Å². The zero-order valence-electron chi connectivity index (χ0n) is 27.0. The lowest BCUT2D eigenvalue weighted by Crippen LogP contribution is -2.35. The Balaban J connectivity index is 3.03. The van der Waals surface area contributed by atoms with E-state index in [1.807, 2.05) is 19.6 Å². The van der Waals surface area contributed by atoms with Gasteiger partial charge in [-0.1, -0.05) is 55.6 Å². The minimum Gasteiger partial charge on any atom is -0.520 e. The lowest BCUT2D eigenvalue weighted by atomic mass is 9.89. The van der Waals surface area contributed by atoms with Gasteiger partial charge in [0.1, 0.15) is 7.11 Å². The fourth-order valence-corrected chi connectivity index (χ4v) is 7.97. The molecule has 6 nitrogen and oxygen atoms in total. The van der Waals surface area contributed by atoms with Gasteiger partial charge in [0.2, 0.25) is 8.32 Å². The van der Waals surface area contributed by atoms with Crippen molar-refractivity contribution in [2.45, 2.75) is 136 Å². The highest BCUT2D eigenvalue weighted by Gasteiger charge is 2.42. The molecule has 1 fully saturated rings. The van der Waals surface area contributed by atoms with Crippen LogP contribution < -0.4 is 0 Å². The predicted molar refractivity (Wildman–Crippen MR) is 173 cm³/mol. The molecule has 0 spiro atoms. The number of hydrogen-bond acceptors (Lipinski definition) is 6. The third kappa shape index (κ3) is 16.8. The molecule has 1 rings (SSSR count). The molecule has 0 heterocycles. The van der Waals surface area contributed by atoms with E-state index in [0.29, 0.717) is 6.42 Å². The SMILES string of the molecule is CCCCC[C@@H](/C=C/[C@@H]1[C@H](C/C=C\CCCC(=O)O[Si](C)(C)C)/C(=N/OC)C[C@H]1O[Si](C)(C)C)O[Si](C)(C)C. The molecule has 1 aliphatic carbocycles. The van der Waals surface area contributed by atoms with Gasteiger partial charge in [-0.05, 0) is 84.6 Å². The molecule has 226 valence electrons. The van der Waals surface area contributed by atoms with Crippen LogP contribution in [0.1, 0.15) is 64.7 Å². The Morgan fingerprint density at radius 1 is 0.974 bits per heavy atom. The van der Waals surface area contributed by atoms with Crippen LogP contribution in [0.2, 0.25) is 58.9 Å². The third-order valence-electron chi connectivity index (χ3n) is 6.32.